The Balaban J connectivity index is 2.70. The Bertz CT molecular complexity index is 623. The zero-order valence-electron chi connectivity index (χ0n) is 10.1. The van der Waals surface area contributed by atoms with E-state index in [2.05, 4.69) is 4.98 Å². The number of aromatic carboxylic acids is 1. The number of carboxylic acids is 1. The first-order chi connectivity index (χ1) is 8.49. The fourth-order valence-corrected chi connectivity index (χ4v) is 2.01. The number of aromatic nitrogens is 1. The molecule has 3 nitrogen and oxygen atoms in total. The molecule has 0 unspecified atom stereocenters. The van der Waals surface area contributed by atoms with E-state index in [-0.39, 0.29) is 10.7 Å². The first kappa shape index (κ1) is 12.6. The second kappa shape index (κ2) is 4.78. The van der Waals surface area contributed by atoms with Crippen LogP contribution in [0.1, 0.15) is 21.5 Å². The number of carbonyl (C=O) groups is 1. The lowest BCUT2D eigenvalue weighted by molar-refractivity contribution is 0.0697. The van der Waals surface area contributed by atoms with Crippen molar-refractivity contribution in [2.45, 2.75) is 13.8 Å². The topological polar surface area (TPSA) is 50.2 Å². The van der Waals surface area contributed by atoms with Crippen LogP contribution in [0.4, 0.5) is 0 Å². The van der Waals surface area contributed by atoms with E-state index in [0.29, 0.717) is 5.56 Å². The summed E-state index contributed by atoms with van der Waals surface area (Å²) in [6, 6.07) is 7.28. The summed E-state index contributed by atoms with van der Waals surface area (Å²) in [6.45, 7) is 3.90. The lowest BCUT2D eigenvalue weighted by Gasteiger charge is -2.10. The summed E-state index contributed by atoms with van der Waals surface area (Å²) in [5.74, 6) is -1.00. The minimum absolute atomic E-state index is 0.170. The summed E-state index contributed by atoms with van der Waals surface area (Å²) in [5.41, 5.74) is 3.71. The number of aryl methyl sites for hydroxylation is 2. The van der Waals surface area contributed by atoms with Crippen molar-refractivity contribution in [3.63, 3.8) is 0 Å². The number of hydrogen-bond donors (Lipinski definition) is 1. The van der Waals surface area contributed by atoms with Crippen LogP contribution in [0, 0.1) is 13.8 Å². The van der Waals surface area contributed by atoms with E-state index in [1.165, 1.54) is 12.3 Å². The highest BCUT2D eigenvalue weighted by atomic mass is 35.5. The van der Waals surface area contributed by atoms with Crippen LogP contribution < -0.4 is 0 Å². The molecular weight excluding hydrogens is 250 g/mol. The zero-order chi connectivity index (χ0) is 13.3. The third-order valence-corrected chi connectivity index (χ3v) is 2.99. The van der Waals surface area contributed by atoms with Crippen LogP contribution in [0.2, 0.25) is 5.15 Å². The van der Waals surface area contributed by atoms with Crippen LogP contribution >= 0.6 is 11.6 Å². The molecule has 0 aliphatic heterocycles. The van der Waals surface area contributed by atoms with Gasteiger partial charge in [0, 0.05) is 11.8 Å². The van der Waals surface area contributed by atoms with Crippen LogP contribution in [0.3, 0.4) is 0 Å². The van der Waals surface area contributed by atoms with Crippen molar-refractivity contribution < 1.29 is 9.90 Å². The maximum Gasteiger partial charge on any atom is 0.336 e. The minimum Gasteiger partial charge on any atom is -0.478 e. The second-order valence-electron chi connectivity index (χ2n) is 4.18. The number of nitrogens with zero attached hydrogens (tertiary/aromatic N) is 1. The molecule has 92 valence electrons. The summed E-state index contributed by atoms with van der Waals surface area (Å²) in [4.78, 5) is 15.2. The zero-order valence-corrected chi connectivity index (χ0v) is 10.8. The van der Waals surface area contributed by atoms with Crippen molar-refractivity contribution in [2.24, 2.45) is 0 Å². The number of benzene rings is 1. The van der Waals surface area contributed by atoms with Crippen LogP contribution in [0.25, 0.3) is 11.1 Å². The highest BCUT2D eigenvalue weighted by Gasteiger charge is 2.14. The molecule has 0 aliphatic rings. The highest BCUT2D eigenvalue weighted by Crippen LogP contribution is 2.28. The van der Waals surface area contributed by atoms with Gasteiger partial charge in [0.05, 0.1) is 5.56 Å². The van der Waals surface area contributed by atoms with Gasteiger partial charge in [-0.05, 0) is 31.0 Å². The first-order valence-corrected chi connectivity index (χ1v) is 5.83. The number of rotatable bonds is 2. The van der Waals surface area contributed by atoms with Crippen LogP contribution in [-0.2, 0) is 0 Å². The molecule has 2 rings (SSSR count). The molecule has 0 spiro atoms. The second-order valence-corrected chi connectivity index (χ2v) is 4.56. The van der Waals surface area contributed by atoms with E-state index >= 15 is 0 Å². The normalized spacial score (nSPS) is 10.4. The average Bonchev–Trinajstić information content (AvgIpc) is 2.32. The van der Waals surface area contributed by atoms with E-state index in [1.807, 2.05) is 32.0 Å². The Morgan fingerprint density at radius 1 is 1.22 bits per heavy atom. The molecule has 4 heteroatoms. The van der Waals surface area contributed by atoms with Crippen molar-refractivity contribution in [3.05, 3.63) is 52.3 Å². The number of pyridine rings is 1. The van der Waals surface area contributed by atoms with Gasteiger partial charge in [-0.25, -0.2) is 9.78 Å². The van der Waals surface area contributed by atoms with Gasteiger partial charge in [0.25, 0.3) is 0 Å². The molecule has 1 aromatic heterocycles. The minimum atomic E-state index is -1.00. The van der Waals surface area contributed by atoms with E-state index in [0.717, 1.165) is 16.7 Å². The fraction of sp³-hybridized carbons (Fsp3) is 0.143. The van der Waals surface area contributed by atoms with Gasteiger partial charge in [-0.15, -0.1) is 0 Å². The maximum atomic E-state index is 11.3. The SMILES string of the molecule is Cc1ccc(C)c(-c2cnc(Cl)cc2C(=O)O)c1. The molecular formula is C14H12ClNO2. The third-order valence-electron chi connectivity index (χ3n) is 2.78. The van der Waals surface area contributed by atoms with Gasteiger partial charge in [0.2, 0.25) is 0 Å². The Hall–Kier alpha value is -1.87. The Morgan fingerprint density at radius 3 is 2.61 bits per heavy atom. The Kier molecular flexibility index (Phi) is 3.34. The molecule has 1 N–H and O–H groups in total. The average molecular weight is 262 g/mol. The number of hydrogen-bond acceptors (Lipinski definition) is 2. The molecule has 0 saturated carbocycles. The molecule has 0 amide bonds. The van der Waals surface area contributed by atoms with E-state index in [1.54, 1.807) is 0 Å². The summed E-state index contributed by atoms with van der Waals surface area (Å²) in [6.07, 6.45) is 1.51. The number of carboxylic acid groups (broad SMARTS) is 1. The lowest BCUT2D eigenvalue weighted by atomic mass is 9.96. The Morgan fingerprint density at radius 2 is 1.94 bits per heavy atom. The molecule has 0 atom stereocenters. The fourth-order valence-electron chi connectivity index (χ4n) is 1.85. The maximum absolute atomic E-state index is 11.3. The first-order valence-electron chi connectivity index (χ1n) is 5.45. The van der Waals surface area contributed by atoms with Gasteiger partial charge in [-0.2, -0.15) is 0 Å². The monoisotopic (exact) mass is 261 g/mol. The molecule has 0 bridgehead atoms. The molecule has 0 radical (unpaired) electrons. The predicted octanol–water partition coefficient (Wildman–Crippen LogP) is 3.72. The van der Waals surface area contributed by atoms with E-state index < -0.39 is 5.97 Å². The summed E-state index contributed by atoms with van der Waals surface area (Å²) >= 11 is 5.74. The van der Waals surface area contributed by atoms with Crippen molar-refractivity contribution in [3.8, 4) is 11.1 Å². The highest BCUT2D eigenvalue weighted by molar-refractivity contribution is 6.29. The third kappa shape index (κ3) is 2.36. The van der Waals surface area contributed by atoms with E-state index in [4.69, 9.17) is 11.6 Å². The van der Waals surface area contributed by atoms with Gasteiger partial charge >= 0.3 is 5.97 Å². The van der Waals surface area contributed by atoms with Gasteiger partial charge in [-0.3, -0.25) is 0 Å². The van der Waals surface area contributed by atoms with Crippen molar-refractivity contribution in [1.82, 2.24) is 4.98 Å². The standard InChI is InChI=1S/C14H12ClNO2/c1-8-3-4-9(2)10(5-8)12-7-16-13(15)6-11(12)14(17)18/h3-7H,1-2H3,(H,17,18). The van der Waals surface area contributed by atoms with Crippen molar-refractivity contribution in [2.75, 3.05) is 0 Å². The molecule has 1 aromatic carbocycles. The largest absolute Gasteiger partial charge is 0.478 e. The van der Waals surface area contributed by atoms with Crippen molar-refractivity contribution >= 4 is 17.6 Å². The predicted molar refractivity (Wildman–Crippen MR) is 71.1 cm³/mol. The molecule has 0 aliphatic carbocycles. The van der Waals surface area contributed by atoms with Crippen molar-refractivity contribution in [1.29, 1.82) is 0 Å². The summed E-state index contributed by atoms with van der Waals surface area (Å²) in [5, 5.41) is 9.41. The summed E-state index contributed by atoms with van der Waals surface area (Å²) < 4.78 is 0. The molecule has 0 fully saturated rings. The van der Waals surface area contributed by atoms with Gasteiger partial charge in [0.1, 0.15) is 5.15 Å². The smallest absolute Gasteiger partial charge is 0.336 e. The Labute approximate surface area is 110 Å². The molecule has 2 aromatic rings. The van der Waals surface area contributed by atoms with E-state index in [9.17, 15) is 9.90 Å². The molecule has 18 heavy (non-hydrogen) atoms. The van der Waals surface area contributed by atoms with Gasteiger partial charge in [-0.1, -0.05) is 35.4 Å². The van der Waals surface area contributed by atoms with Gasteiger partial charge in [0.15, 0.2) is 0 Å². The quantitative estimate of drug-likeness (QED) is 0.839. The summed E-state index contributed by atoms with van der Waals surface area (Å²) in [7, 11) is 0. The van der Waals surface area contributed by atoms with Crippen LogP contribution in [-0.4, -0.2) is 16.1 Å². The van der Waals surface area contributed by atoms with Crippen LogP contribution in [0.5, 0.6) is 0 Å². The lowest BCUT2D eigenvalue weighted by Crippen LogP contribution is -2.01. The molecule has 1 heterocycles. The van der Waals surface area contributed by atoms with Crippen LogP contribution in [0.15, 0.2) is 30.5 Å². The molecule has 0 saturated heterocycles. The van der Waals surface area contributed by atoms with Gasteiger partial charge < -0.3 is 5.11 Å². The number of halogens is 1.